The molecule has 3 aromatic heterocycles. The number of hydrogen-bond donors (Lipinski definition) is 2. The van der Waals surface area contributed by atoms with E-state index >= 15 is 0 Å². The minimum atomic E-state index is -0.249. The van der Waals surface area contributed by atoms with Gasteiger partial charge < -0.3 is 29.0 Å². The Labute approximate surface area is 239 Å². The molecule has 206 valence electrons. The molecule has 0 fully saturated rings. The number of carbonyl (C=O) groups excluding carboxylic acids is 1. The maximum absolute atomic E-state index is 12.8. The van der Waals surface area contributed by atoms with Crippen molar-refractivity contribution >= 4 is 33.8 Å². The smallest absolute Gasteiger partial charge is 0.275 e. The van der Waals surface area contributed by atoms with Crippen LogP contribution in [0.1, 0.15) is 16.1 Å². The molecule has 0 atom stereocenters. The quantitative estimate of drug-likeness (QED) is 0.200. The molecule has 9 nitrogen and oxygen atoms in total. The monoisotopic (exact) mass is 566 g/mol. The predicted molar refractivity (Wildman–Crippen MR) is 159 cm³/mol. The molecule has 1 amide bonds. The van der Waals surface area contributed by atoms with Crippen LogP contribution in [0.5, 0.6) is 17.2 Å². The number of aromatic nitrogens is 3. The van der Waals surface area contributed by atoms with Crippen molar-refractivity contribution < 1.29 is 23.5 Å². The minimum absolute atomic E-state index is 0.249. The Kier molecular flexibility index (Phi) is 6.90. The van der Waals surface area contributed by atoms with E-state index in [9.17, 15) is 4.79 Å². The van der Waals surface area contributed by atoms with E-state index in [0.29, 0.717) is 34.4 Å². The highest BCUT2D eigenvalue weighted by Gasteiger charge is 2.19. The summed E-state index contributed by atoms with van der Waals surface area (Å²) in [6.07, 6.45) is 1.89. The number of nitrogens with zero attached hydrogens (tertiary/aromatic N) is 2. The van der Waals surface area contributed by atoms with Gasteiger partial charge in [-0.15, -0.1) is 11.3 Å². The zero-order valence-corrected chi connectivity index (χ0v) is 23.6. The molecule has 0 saturated carbocycles. The normalized spacial score (nSPS) is 11.0. The average molecular weight is 567 g/mol. The minimum Gasteiger partial charge on any atom is -0.493 e. The van der Waals surface area contributed by atoms with Crippen LogP contribution in [-0.2, 0) is 0 Å². The first kappa shape index (κ1) is 26.1. The van der Waals surface area contributed by atoms with Crippen LogP contribution in [0, 0.1) is 6.92 Å². The number of amides is 1. The summed E-state index contributed by atoms with van der Waals surface area (Å²) in [5.74, 6) is 1.90. The number of carbonyl (C=O) groups is 1. The van der Waals surface area contributed by atoms with Crippen molar-refractivity contribution in [1.29, 1.82) is 0 Å². The zero-order valence-electron chi connectivity index (χ0n) is 22.8. The van der Waals surface area contributed by atoms with Gasteiger partial charge in [-0.05, 0) is 49.4 Å². The molecule has 0 bridgehead atoms. The van der Waals surface area contributed by atoms with Crippen LogP contribution in [0.15, 0.2) is 76.8 Å². The summed E-state index contributed by atoms with van der Waals surface area (Å²) in [6.45, 7) is 2.00. The second-order valence-electron chi connectivity index (χ2n) is 9.31. The third-order valence-corrected chi connectivity index (χ3v) is 7.60. The van der Waals surface area contributed by atoms with Crippen LogP contribution in [0.4, 0.5) is 5.69 Å². The van der Waals surface area contributed by atoms with Crippen LogP contribution >= 0.6 is 11.3 Å². The van der Waals surface area contributed by atoms with Crippen LogP contribution in [-0.4, -0.2) is 42.4 Å². The van der Waals surface area contributed by atoms with Crippen LogP contribution in [0.2, 0.25) is 0 Å². The Morgan fingerprint density at radius 2 is 1.68 bits per heavy atom. The third kappa shape index (κ3) is 5.01. The van der Waals surface area contributed by atoms with Gasteiger partial charge >= 0.3 is 0 Å². The number of rotatable bonds is 8. The fraction of sp³-hybridized carbons (Fsp3) is 0.129. The molecule has 0 spiro atoms. The van der Waals surface area contributed by atoms with E-state index in [4.69, 9.17) is 18.7 Å². The number of methoxy groups -OCH3 is 3. The first-order valence-corrected chi connectivity index (χ1v) is 13.6. The number of hydrogen-bond acceptors (Lipinski definition) is 8. The Bertz CT molecular complexity index is 1840. The van der Waals surface area contributed by atoms with Gasteiger partial charge in [0.25, 0.3) is 5.91 Å². The Morgan fingerprint density at radius 1 is 0.927 bits per heavy atom. The van der Waals surface area contributed by atoms with Crippen molar-refractivity contribution in [3.63, 3.8) is 0 Å². The van der Waals surface area contributed by atoms with E-state index < -0.39 is 0 Å². The maximum Gasteiger partial charge on any atom is 0.275 e. The largest absolute Gasteiger partial charge is 0.493 e. The lowest BCUT2D eigenvalue weighted by Gasteiger charge is -2.13. The van der Waals surface area contributed by atoms with Crippen LogP contribution < -0.4 is 19.5 Å². The van der Waals surface area contributed by atoms with Gasteiger partial charge in [0, 0.05) is 50.9 Å². The molecule has 0 aliphatic carbocycles. The molecule has 0 aliphatic heterocycles. The molecule has 2 N–H and O–H groups in total. The van der Waals surface area contributed by atoms with Gasteiger partial charge in [-0.25, -0.2) is 4.98 Å². The van der Waals surface area contributed by atoms with E-state index in [1.165, 1.54) is 11.3 Å². The summed E-state index contributed by atoms with van der Waals surface area (Å²) in [7, 11) is 4.70. The van der Waals surface area contributed by atoms with E-state index in [2.05, 4.69) is 20.4 Å². The SMILES string of the molecule is COc1cc(-c2cc(-c3c[nH]c4ccc(-c5nc(C(=O)Nc6ccc(C)cc6)cs5)cc34)on2)cc(OC)c1OC. The van der Waals surface area contributed by atoms with Gasteiger partial charge in [0.2, 0.25) is 5.75 Å². The van der Waals surface area contributed by atoms with Crippen molar-refractivity contribution in [3.05, 3.63) is 83.5 Å². The molecule has 0 unspecified atom stereocenters. The molecule has 0 aliphatic rings. The lowest BCUT2D eigenvalue weighted by atomic mass is 10.1. The number of fused-ring (bicyclic) bond motifs is 1. The van der Waals surface area contributed by atoms with Gasteiger partial charge in [-0.2, -0.15) is 0 Å². The second-order valence-corrected chi connectivity index (χ2v) is 10.2. The number of benzene rings is 3. The van der Waals surface area contributed by atoms with Crippen LogP contribution in [0.25, 0.3) is 44.1 Å². The molecule has 10 heteroatoms. The summed E-state index contributed by atoms with van der Waals surface area (Å²) in [5.41, 5.74) is 6.27. The number of anilines is 1. The summed E-state index contributed by atoms with van der Waals surface area (Å²) in [6, 6.07) is 19.2. The Morgan fingerprint density at radius 3 is 2.39 bits per heavy atom. The van der Waals surface area contributed by atoms with Gasteiger partial charge in [0.15, 0.2) is 17.3 Å². The molecule has 6 aromatic rings. The van der Waals surface area contributed by atoms with Gasteiger partial charge in [-0.1, -0.05) is 22.9 Å². The van der Waals surface area contributed by atoms with Crippen molar-refractivity contribution in [2.45, 2.75) is 6.92 Å². The number of aromatic amines is 1. The highest BCUT2D eigenvalue weighted by molar-refractivity contribution is 7.13. The molecule has 0 saturated heterocycles. The number of thiazole rings is 1. The van der Waals surface area contributed by atoms with Crippen LogP contribution in [0.3, 0.4) is 0 Å². The first-order chi connectivity index (χ1) is 20.0. The van der Waals surface area contributed by atoms with Crippen molar-refractivity contribution in [2.24, 2.45) is 0 Å². The fourth-order valence-corrected chi connectivity index (χ4v) is 5.36. The summed E-state index contributed by atoms with van der Waals surface area (Å²) < 4.78 is 22.2. The number of H-pyrrole nitrogens is 1. The number of nitrogens with one attached hydrogen (secondary N) is 2. The number of ether oxygens (including phenoxy) is 3. The third-order valence-electron chi connectivity index (χ3n) is 6.71. The van der Waals surface area contributed by atoms with Crippen molar-refractivity contribution in [1.82, 2.24) is 15.1 Å². The molecular formula is C31H26N4O5S. The first-order valence-electron chi connectivity index (χ1n) is 12.7. The molecule has 6 rings (SSSR count). The van der Waals surface area contributed by atoms with Crippen molar-refractivity contribution in [2.75, 3.05) is 26.6 Å². The zero-order chi connectivity index (χ0) is 28.5. The highest BCUT2D eigenvalue weighted by atomic mass is 32.1. The summed E-state index contributed by atoms with van der Waals surface area (Å²) in [5, 5.41) is 10.6. The van der Waals surface area contributed by atoms with Gasteiger partial charge in [0.05, 0.1) is 21.3 Å². The second kappa shape index (κ2) is 10.8. The van der Waals surface area contributed by atoms with E-state index in [0.717, 1.165) is 43.9 Å². The van der Waals surface area contributed by atoms with E-state index in [1.54, 1.807) is 26.7 Å². The fourth-order valence-electron chi connectivity index (χ4n) is 4.57. The number of aryl methyl sites for hydroxylation is 1. The Balaban J connectivity index is 1.29. The standard InChI is InChI=1S/C31H26N4O5S/c1-17-5-8-20(9-6-17)33-30(36)25-16-41-31(34-25)18-7-10-23-21(11-18)22(15-32-23)26-14-24(35-40-26)19-12-27(37-2)29(39-4)28(13-19)38-3/h5-16,32H,1-4H3,(H,33,36). The lowest BCUT2D eigenvalue weighted by molar-refractivity contribution is 0.102. The maximum atomic E-state index is 12.8. The van der Waals surface area contributed by atoms with Gasteiger partial charge in [-0.3, -0.25) is 4.79 Å². The Hall–Kier alpha value is -5.09. The molecule has 3 heterocycles. The topological polar surface area (TPSA) is 112 Å². The highest BCUT2D eigenvalue weighted by Crippen LogP contribution is 2.42. The van der Waals surface area contributed by atoms with Gasteiger partial charge in [0.1, 0.15) is 16.4 Å². The molecular weight excluding hydrogens is 540 g/mol. The molecule has 41 heavy (non-hydrogen) atoms. The molecule has 3 aromatic carbocycles. The molecule has 0 radical (unpaired) electrons. The average Bonchev–Trinajstić information content (AvgIpc) is 3.77. The summed E-state index contributed by atoms with van der Waals surface area (Å²) >= 11 is 1.42. The predicted octanol–water partition coefficient (Wildman–Crippen LogP) is 7.20. The lowest BCUT2D eigenvalue weighted by Crippen LogP contribution is -2.12. The van der Waals surface area contributed by atoms with E-state index in [-0.39, 0.29) is 5.91 Å². The van der Waals surface area contributed by atoms with E-state index in [1.807, 2.05) is 73.8 Å². The van der Waals surface area contributed by atoms with Crippen molar-refractivity contribution in [3.8, 4) is 50.4 Å². The summed E-state index contributed by atoms with van der Waals surface area (Å²) in [4.78, 5) is 20.7.